The molecule has 1 aliphatic heterocycles. The van der Waals surface area contributed by atoms with Crippen LogP contribution in [-0.2, 0) is 17.9 Å². The molecule has 0 saturated carbocycles. The minimum Gasteiger partial charge on any atom is -0.348 e. The molecule has 35 heavy (non-hydrogen) atoms. The predicted molar refractivity (Wildman–Crippen MR) is 138 cm³/mol. The Kier molecular flexibility index (Phi) is 6.88. The number of imidazole rings is 1. The van der Waals surface area contributed by atoms with Crippen LogP contribution in [0.25, 0.3) is 5.69 Å². The lowest BCUT2D eigenvalue weighted by Gasteiger charge is -2.24. The standard InChI is InChI=1S/C27H23ClN4O2S/c28-23-11-5-19(6-12-23)16-32-25(33)17-35-27(32)21-9-7-20(8-10-21)26(34)30-15-22-3-1-2-4-24(22)31-14-13-29-18-31/h1-14,18,27H,15-17H2,(H,30,34)/t27-/m1/s1. The van der Waals surface area contributed by atoms with Crippen molar-refractivity contribution in [1.82, 2.24) is 19.8 Å². The van der Waals surface area contributed by atoms with Gasteiger partial charge in [-0.1, -0.05) is 54.1 Å². The highest BCUT2D eigenvalue weighted by atomic mass is 35.5. The van der Waals surface area contributed by atoms with Crippen molar-refractivity contribution in [1.29, 1.82) is 0 Å². The first kappa shape index (κ1) is 23.2. The van der Waals surface area contributed by atoms with Gasteiger partial charge in [-0.25, -0.2) is 4.98 Å². The first-order valence-corrected chi connectivity index (χ1v) is 12.6. The first-order valence-electron chi connectivity index (χ1n) is 11.2. The minimum atomic E-state index is -0.148. The zero-order valence-corrected chi connectivity index (χ0v) is 20.4. The quantitative estimate of drug-likeness (QED) is 0.376. The molecule has 1 atom stereocenters. The van der Waals surface area contributed by atoms with E-state index in [1.165, 1.54) is 0 Å². The van der Waals surface area contributed by atoms with Gasteiger partial charge in [-0.15, -0.1) is 11.8 Å². The maximum atomic E-state index is 12.8. The number of amides is 2. The van der Waals surface area contributed by atoms with Gasteiger partial charge in [-0.05, 0) is 47.0 Å². The second-order valence-corrected chi connectivity index (χ2v) is 9.72. The Morgan fingerprint density at radius 1 is 1.06 bits per heavy atom. The molecule has 6 nitrogen and oxygen atoms in total. The van der Waals surface area contributed by atoms with Crippen molar-refractivity contribution in [3.05, 3.63) is 119 Å². The van der Waals surface area contributed by atoms with Crippen LogP contribution in [0.5, 0.6) is 0 Å². The SMILES string of the molecule is O=C(NCc1ccccc1-n1ccnc1)c1ccc([C@H]2SCC(=O)N2Cc2ccc(Cl)cc2)cc1. The molecule has 0 bridgehead atoms. The number of rotatable bonds is 7. The molecular formula is C27H23ClN4O2S. The van der Waals surface area contributed by atoms with Crippen LogP contribution in [0.3, 0.4) is 0 Å². The molecule has 4 aromatic rings. The van der Waals surface area contributed by atoms with Gasteiger partial charge in [0.2, 0.25) is 5.91 Å². The monoisotopic (exact) mass is 502 g/mol. The van der Waals surface area contributed by atoms with Crippen molar-refractivity contribution >= 4 is 35.2 Å². The number of nitrogens with one attached hydrogen (secondary N) is 1. The molecule has 5 rings (SSSR count). The van der Waals surface area contributed by atoms with Gasteiger partial charge in [0.15, 0.2) is 0 Å². The van der Waals surface area contributed by atoms with Gasteiger partial charge in [-0.2, -0.15) is 0 Å². The number of carbonyl (C=O) groups excluding carboxylic acids is 2. The molecule has 1 fully saturated rings. The van der Waals surface area contributed by atoms with Gasteiger partial charge >= 0.3 is 0 Å². The average molecular weight is 503 g/mol. The Balaban J connectivity index is 1.25. The van der Waals surface area contributed by atoms with Crippen molar-refractivity contribution in [2.45, 2.75) is 18.5 Å². The van der Waals surface area contributed by atoms with E-state index < -0.39 is 0 Å². The van der Waals surface area contributed by atoms with Crippen molar-refractivity contribution in [2.75, 3.05) is 5.75 Å². The van der Waals surface area contributed by atoms with E-state index in [0.29, 0.717) is 29.4 Å². The summed E-state index contributed by atoms with van der Waals surface area (Å²) in [6.45, 7) is 0.920. The van der Waals surface area contributed by atoms with Crippen LogP contribution >= 0.6 is 23.4 Å². The molecule has 2 amide bonds. The Hall–Kier alpha value is -3.55. The lowest BCUT2D eigenvalue weighted by atomic mass is 10.1. The fourth-order valence-corrected chi connectivity index (χ4v) is 5.39. The van der Waals surface area contributed by atoms with E-state index >= 15 is 0 Å². The molecule has 1 aromatic heterocycles. The van der Waals surface area contributed by atoms with Crippen LogP contribution < -0.4 is 5.32 Å². The molecule has 0 unspecified atom stereocenters. The molecule has 0 spiro atoms. The van der Waals surface area contributed by atoms with Gasteiger partial charge < -0.3 is 14.8 Å². The van der Waals surface area contributed by atoms with Gasteiger partial charge in [-0.3, -0.25) is 9.59 Å². The highest BCUT2D eigenvalue weighted by molar-refractivity contribution is 8.00. The maximum Gasteiger partial charge on any atom is 0.251 e. The molecule has 0 radical (unpaired) electrons. The van der Waals surface area contributed by atoms with E-state index in [-0.39, 0.29) is 17.2 Å². The summed E-state index contributed by atoms with van der Waals surface area (Å²) >= 11 is 7.59. The fraction of sp³-hybridized carbons (Fsp3) is 0.148. The summed E-state index contributed by atoms with van der Waals surface area (Å²) in [5.41, 5.74) is 4.57. The van der Waals surface area contributed by atoms with Crippen LogP contribution in [0.4, 0.5) is 0 Å². The van der Waals surface area contributed by atoms with Crippen LogP contribution in [-0.4, -0.2) is 32.0 Å². The summed E-state index contributed by atoms with van der Waals surface area (Å²) in [5, 5.41) is 3.59. The molecule has 1 aliphatic rings. The lowest BCUT2D eigenvalue weighted by Crippen LogP contribution is -2.27. The number of thioether (sulfide) groups is 1. The van der Waals surface area contributed by atoms with Gasteiger partial charge in [0.1, 0.15) is 5.37 Å². The number of benzene rings is 3. The highest BCUT2D eigenvalue weighted by Gasteiger charge is 2.32. The van der Waals surface area contributed by atoms with Crippen LogP contribution in [0.1, 0.15) is 32.4 Å². The summed E-state index contributed by atoms with van der Waals surface area (Å²) < 4.78 is 1.92. The zero-order valence-electron chi connectivity index (χ0n) is 18.8. The summed E-state index contributed by atoms with van der Waals surface area (Å²) in [7, 11) is 0. The molecule has 3 aromatic carbocycles. The number of hydrogen-bond acceptors (Lipinski definition) is 4. The van der Waals surface area contributed by atoms with Gasteiger partial charge in [0.05, 0.1) is 17.8 Å². The van der Waals surface area contributed by atoms with E-state index in [0.717, 1.165) is 22.4 Å². The van der Waals surface area contributed by atoms with E-state index in [4.69, 9.17) is 11.6 Å². The second kappa shape index (κ2) is 10.4. The van der Waals surface area contributed by atoms with E-state index in [1.54, 1.807) is 24.3 Å². The Morgan fingerprint density at radius 3 is 2.57 bits per heavy atom. The molecule has 8 heteroatoms. The third kappa shape index (κ3) is 5.26. The smallest absolute Gasteiger partial charge is 0.251 e. The minimum absolute atomic E-state index is 0.0858. The maximum absolute atomic E-state index is 12.8. The number of carbonyl (C=O) groups is 2. The largest absolute Gasteiger partial charge is 0.348 e. The summed E-state index contributed by atoms with van der Waals surface area (Å²) in [5.74, 6) is 0.398. The number of para-hydroxylation sites is 1. The zero-order chi connectivity index (χ0) is 24.2. The fourth-order valence-electron chi connectivity index (χ4n) is 4.08. The van der Waals surface area contributed by atoms with Gasteiger partial charge in [0, 0.05) is 36.1 Å². The Labute approximate surface area is 212 Å². The normalized spacial score (nSPS) is 15.4. The summed E-state index contributed by atoms with van der Waals surface area (Å²) in [4.78, 5) is 31.3. The van der Waals surface area contributed by atoms with Gasteiger partial charge in [0.25, 0.3) is 5.91 Å². The molecule has 176 valence electrons. The number of nitrogens with zero attached hydrogens (tertiary/aromatic N) is 3. The van der Waals surface area contributed by atoms with Crippen molar-refractivity contribution in [3.63, 3.8) is 0 Å². The number of aromatic nitrogens is 2. The summed E-state index contributed by atoms with van der Waals surface area (Å²) in [6.07, 6.45) is 5.34. The molecular weight excluding hydrogens is 480 g/mol. The number of halogens is 1. The van der Waals surface area contributed by atoms with Crippen LogP contribution in [0.15, 0.2) is 91.5 Å². The van der Waals surface area contributed by atoms with E-state index in [1.807, 2.05) is 88.5 Å². The van der Waals surface area contributed by atoms with Crippen LogP contribution in [0.2, 0.25) is 5.02 Å². The van der Waals surface area contributed by atoms with Crippen molar-refractivity contribution < 1.29 is 9.59 Å². The molecule has 1 N–H and O–H groups in total. The third-order valence-corrected chi connectivity index (χ3v) is 7.41. The number of hydrogen-bond donors (Lipinski definition) is 1. The first-order chi connectivity index (χ1) is 17.1. The average Bonchev–Trinajstić information content (AvgIpc) is 3.55. The predicted octanol–water partition coefficient (Wildman–Crippen LogP) is 5.23. The summed E-state index contributed by atoms with van der Waals surface area (Å²) in [6, 6.07) is 22.9. The Bertz CT molecular complexity index is 1320. The molecule has 2 heterocycles. The third-order valence-electron chi connectivity index (χ3n) is 5.91. The topological polar surface area (TPSA) is 67.2 Å². The second-order valence-electron chi connectivity index (χ2n) is 8.21. The lowest BCUT2D eigenvalue weighted by molar-refractivity contribution is -0.128. The van der Waals surface area contributed by atoms with Crippen molar-refractivity contribution in [2.24, 2.45) is 0 Å². The van der Waals surface area contributed by atoms with Crippen LogP contribution in [0, 0.1) is 0 Å². The highest BCUT2D eigenvalue weighted by Crippen LogP contribution is 2.39. The molecule has 0 aliphatic carbocycles. The van der Waals surface area contributed by atoms with E-state index in [2.05, 4.69) is 10.3 Å². The molecule has 1 saturated heterocycles. The van der Waals surface area contributed by atoms with Crippen molar-refractivity contribution in [3.8, 4) is 5.69 Å². The Morgan fingerprint density at radius 2 is 1.83 bits per heavy atom. The van der Waals surface area contributed by atoms with E-state index in [9.17, 15) is 9.59 Å².